The van der Waals surface area contributed by atoms with Gasteiger partial charge in [-0.3, -0.25) is 0 Å². The van der Waals surface area contributed by atoms with Gasteiger partial charge >= 0.3 is 0 Å². The topological polar surface area (TPSA) is 29.9 Å². The fourth-order valence-corrected chi connectivity index (χ4v) is 2.08. The molecule has 4 heteroatoms. The van der Waals surface area contributed by atoms with Crippen molar-refractivity contribution in [3.63, 3.8) is 0 Å². The summed E-state index contributed by atoms with van der Waals surface area (Å²) in [7, 11) is 1.94. The first-order valence-electron chi connectivity index (χ1n) is 5.50. The molecule has 1 atom stereocenters. The van der Waals surface area contributed by atoms with Crippen molar-refractivity contribution in [2.75, 3.05) is 7.05 Å². The lowest BCUT2D eigenvalue weighted by Gasteiger charge is -2.11. The molecule has 0 aliphatic carbocycles. The van der Waals surface area contributed by atoms with Crippen LogP contribution in [0.1, 0.15) is 25.7 Å². The molecule has 16 heavy (non-hydrogen) atoms. The van der Waals surface area contributed by atoms with Crippen LogP contribution < -0.4 is 5.32 Å². The predicted octanol–water partition coefficient (Wildman–Crippen LogP) is 2.99. The van der Waals surface area contributed by atoms with Gasteiger partial charge in [0.2, 0.25) is 0 Å². The lowest BCUT2D eigenvalue weighted by atomic mass is 10.3. The number of halogens is 1. The Morgan fingerprint density at radius 2 is 2.25 bits per heavy atom. The van der Waals surface area contributed by atoms with Crippen molar-refractivity contribution in [2.45, 2.75) is 26.4 Å². The van der Waals surface area contributed by atoms with Crippen molar-refractivity contribution in [1.29, 1.82) is 0 Å². The molecule has 1 unspecified atom stereocenters. The highest BCUT2D eigenvalue weighted by Crippen LogP contribution is 2.23. The average molecular weight is 238 g/mol. The summed E-state index contributed by atoms with van der Waals surface area (Å²) in [5.41, 5.74) is 2.11. The maximum absolute atomic E-state index is 5.97. The third-order valence-electron chi connectivity index (χ3n) is 2.88. The Hall–Kier alpha value is -1.06. The van der Waals surface area contributed by atoms with E-state index in [1.807, 2.05) is 25.2 Å². The summed E-state index contributed by atoms with van der Waals surface area (Å²) in [5, 5.41) is 3.95. The third-order valence-corrected chi connectivity index (χ3v) is 3.11. The van der Waals surface area contributed by atoms with Gasteiger partial charge in [0.1, 0.15) is 5.82 Å². The summed E-state index contributed by atoms with van der Waals surface area (Å²) in [6.45, 7) is 5.15. The number of nitrogens with zero attached hydrogens (tertiary/aromatic N) is 2. The summed E-state index contributed by atoms with van der Waals surface area (Å²) in [5.74, 6) is 1.06. The number of hydrogen-bond acceptors (Lipinski definition) is 2. The van der Waals surface area contributed by atoms with Crippen molar-refractivity contribution in [1.82, 2.24) is 14.9 Å². The summed E-state index contributed by atoms with van der Waals surface area (Å²) >= 11 is 5.97. The number of benzene rings is 1. The molecular weight excluding hydrogens is 222 g/mol. The maximum atomic E-state index is 5.97. The van der Waals surface area contributed by atoms with Gasteiger partial charge in [0, 0.05) is 11.6 Å². The van der Waals surface area contributed by atoms with E-state index < -0.39 is 0 Å². The second-order valence-electron chi connectivity index (χ2n) is 3.86. The van der Waals surface area contributed by atoms with E-state index >= 15 is 0 Å². The molecule has 0 saturated carbocycles. The average Bonchev–Trinajstić information content (AvgIpc) is 2.65. The minimum Gasteiger partial charge on any atom is -0.327 e. The van der Waals surface area contributed by atoms with Crippen LogP contribution in [0.3, 0.4) is 0 Å². The van der Waals surface area contributed by atoms with Crippen LogP contribution >= 0.6 is 11.6 Å². The van der Waals surface area contributed by atoms with Crippen LogP contribution in [0.4, 0.5) is 0 Å². The summed E-state index contributed by atoms with van der Waals surface area (Å²) in [4.78, 5) is 4.63. The largest absolute Gasteiger partial charge is 0.327 e. The monoisotopic (exact) mass is 237 g/mol. The maximum Gasteiger partial charge on any atom is 0.126 e. The first kappa shape index (κ1) is 11.4. The van der Waals surface area contributed by atoms with Crippen LogP contribution in [0.5, 0.6) is 0 Å². The highest BCUT2D eigenvalue weighted by molar-refractivity contribution is 6.31. The molecule has 1 aromatic heterocycles. The van der Waals surface area contributed by atoms with E-state index in [1.54, 1.807) is 0 Å². The quantitative estimate of drug-likeness (QED) is 0.890. The van der Waals surface area contributed by atoms with E-state index in [1.165, 1.54) is 0 Å². The Morgan fingerprint density at radius 3 is 2.88 bits per heavy atom. The SMILES string of the molecule is CCn1c(C(C)NC)nc2cc(Cl)ccc21. The predicted molar refractivity (Wildman–Crippen MR) is 67.9 cm³/mol. The van der Waals surface area contributed by atoms with Crippen molar-refractivity contribution in [2.24, 2.45) is 0 Å². The molecule has 2 rings (SSSR count). The molecule has 0 saturated heterocycles. The van der Waals surface area contributed by atoms with Gasteiger partial charge in [-0.15, -0.1) is 0 Å². The van der Waals surface area contributed by atoms with E-state index in [2.05, 4.69) is 28.7 Å². The minimum absolute atomic E-state index is 0.242. The Kier molecular flexibility index (Phi) is 3.17. The van der Waals surface area contributed by atoms with E-state index in [-0.39, 0.29) is 6.04 Å². The van der Waals surface area contributed by atoms with Crippen molar-refractivity contribution >= 4 is 22.6 Å². The van der Waals surface area contributed by atoms with Crippen LogP contribution in [-0.2, 0) is 6.54 Å². The number of aromatic nitrogens is 2. The van der Waals surface area contributed by atoms with Crippen molar-refractivity contribution in [3.05, 3.63) is 29.0 Å². The molecular formula is C12H16ClN3. The highest BCUT2D eigenvalue weighted by atomic mass is 35.5. The number of fused-ring (bicyclic) bond motifs is 1. The van der Waals surface area contributed by atoms with E-state index in [9.17, 15) is 0 Å². The number of imidazole rings is 1. The van der Waals surface area contributed by atoms with Crippen LogP contribution in [0.2, 0.25) is 5.02 Å². The number of hydrogen-bond donors (Lipinski definition) is 1. The molecule has 0 aliphatic heterocycles. The van der Waals surface area contributed by atoms with Gasteiger partial charge in [-0.25, -0.2) is 4.98 Å². The normalized spacial score (nSPS) is 13.2. The molecule has 86 valence electrons. The van der Waals surface area contributed by atoms with Crippen LogP contribution in [0.25, 0.3) is 11.0 Å². The van der Waals surface area contributed by atoms with Gasteiger partial charge in [-0.2, -0.15) is 0 Å². The fourth-order valence-electron chi connectivity index (χ4n) is 1.91. The molecule has 0 aliphatic rings. The highest BCUT2D eigenvalue weighted by Gasteiger charge is 2.14. The lowest BCUT2D eigenvalue weighted by Crippen LogP contribution is -2.17. The van der Waals surface area contributed by atoms with Crippen LogP contribution in [0.15, 0.2) is 18.2 Å². The summed E-state index contributed by atoms with van der Waals surface area (Å²) < 4.78 is 2.22. The molecule has 0 radical (unpaired) electrons. The zero-order valence-electron chi connectivity index (χ0n) is 9.79. The number of nitrogens with one attached hydrogen (secondary N) is 1. The van der Waals surface area contributed by atoms with Crippen molar-refractivity contribution < 1.29 is 0 Å². The van der Waals surface area contributed by atoms with Gasteiger partial charge in [0.05, 0.1) is 17.1 Å². The number of aryl methyl sites for hydroxylation is 1. The second-order valence-corrected chi connectivity index (χ2v) is 4.29. The molecule has 0 fully saturated rings. The Morgan fingerprint density at radius 1 is 1.50 bits per heavy atom. The van der Waals surface area contributed by atoms with Gasteiger partial charge in [0.15, 0.2) is 0 Å². The molecule has 0 spiro atoms. The summed E-state index contributed by atoms with van der Waals surface area (Å²) in [6, 6.07) is 6.09. The van der Waals surface area contributed by atoms with Crippen LogP contribution in [-0.4, -0.2) is 16.6 Å². The van der Waals surface area contributed by atoms with Crippen molar-refractivity contribution in [3.8, 4) is 0 Å². The first-order valence-corrected chi connectivity index (χ1v) is 5.88. The standard InChI is InChI=1S/C12H16ClN3/c1-4-16-11-6-5-9(13)7-10(11)15-12(16)8(2)14-3/h5-8,14H,4H2,1-3H3. The van der Waals surface area contributed by atoms with E-state index in [0.29, 0.717) is 0 Å². The Balaban J connectivity index is 2.65. The van der Waals surface area contributed by atoms with Gasteiger partial charge in [-0.1, -0.05) is 11.6 Å². The molecule has 1 aromatic carbocycles. The van der Waals surface area contributed by atoms with E-state index in [4.69, 9.17) is 11.6 Å². The molecule has 1 heterocycles. The second kappa shape index (κ2) is 4.44. The molecule has 0 amide bonds. The smallest absolute Gasteiger partial charge is 0.126 e. The lowest BCUT2D eigenvalue weighted by molar-refractivity contribution is 0.570. The van der Waals surface area contributed by atoms with Gasteiger partial charge in [-0.05, 0) is 39.1 Å². The zero-order chi connectivity index (χ0) is 11.7. The third kappa shape index (κ3) is 1.81. The minimum atomic E-state index is 0.242. The Labute approximate surface area is 100 Å². The fraction of sp³-hybridized carbons (Fsp3) is 0.417. The van der Waals surface area contributed by atoms with E-state index in [0.717, 1.165) is 28.4 Å². The van der Waals surface area contributed by atoms with Gasteiger partial charge in [0.25, 0.3) is 0 Å². The first-order chi connectivity index (χ1) is 7.67. The van der Waals surface area contributed by atoms with Crippen LogP contribution in [0, 0.1) is 0 Å². The molecule has 0 bridgehead atoms. The molecule has 1 N–H and O–H groups in total. The number of rotatable bonds is 3. The zero-order valence-corrected chi connectivity index (χ0v) is 10.5. The molecule has 2 aromatic rings. The summed E-state index contributed by atoms with van der Waals surface area (Å²) in [6.07, 6.45) is 0. The van der Waals surface area contributed by atoms with Gasteiger partial charge < -0.3 is 9.88 Å². The molecule has 3 nitrogen and oxygen atoms in total. The Bertz CT molecular complexity index is 504.